The molecule has 0 spiro atoms. The van der Waals surface area contributed by atoms with Crippen molar-refractivity contribution in [2.45, 2.75) is 11.8 Å². The van der Waals surface area contributed by atoms with Gasteiger partial charge in [0.1, 0.15) is 0 Å². The maximum Gasteiger partial charge on any atom is 0.243 e. The highest BCUT2D eigenvalue weighted by molar-refractivity contribution is 9.10. The van der Waals surface area contributed by atoms with Crippen LogP contribution in [-0.2, 0) is 14.8 Å². The van der Waals surface area contributed by atoms with E-state index in [1.807, 2.05) is 19.1 Å². The Kier molecular flexibility index (Phi) is 6.03. The molecule has 0 unspecified atom stereocenters. The summed E-state index contributed by atoms with van der Waals surface area (Å²) in [5, 5.41) is 3.16. The number of anilines is 1. The Labute approximate surface area is 154 Å². The molecule has 0 bridgehead atoms. The third-order valence-corrected chi connectivity index (χ3v) is 5.92. The van der Waals surface area contributed by atoms with Gasteiger partial charge in [-0.2, -0.15) is 4.31 Å². The zero-order chi connectivity index (χ0) is 17.9. The Morgan fingerprint density at radius 2 is 1.83 bits per heavy atom. The molecule has 2 rings (SSSR count). The highest BCUT2D eigenvalue weighted by Gasteiger charge is 2.23. The van der Waals surface area contributed by atoms with E-state index in [0.29, 0.717) is 10.7 Å². The van der Waals surface area contributed by atoms with Crippen molar-refractivity contribution in [1.29, 1.82) is 0 Å². The van der Waals surface area contributed by atoms with Gasteiger partial charge in [-0.25, -0.2) is 8.42 Å². The van der Waals surface area contributed by atoms with E-state index < -0.39 is 15.9 Å². The standard InChI is InChI=1S/C16H16BrClN2O3S/c1-11-3-4-12(17)9-15(11)19-16(21)10-20(2)24(22,23)14-7-5-13(18)6-8-14/h3-9H,10H2,1-2H3,(H,19,21). The van der Waals surface area contributed by atoms with Crippen molar-refractivity contribution in [2.75, 3.05) is 18.9 Å². The first-order valence-electron chi connectivity index (χ1n) is 6.98. The molecule has 8 heteroatoms. The van der Waals surface area contributed by atoms with Crippen LogP contribution in [0.5, 0.6) is 0 Å². The van der Waals surface area contributed by atoms with Crippen LogP contribution in [-0.4, -0.2) is 32.2 Å². The monoisotopic (exact) mass is 430 g/mol. The van der Waals surface area contributed by atoms with Gasteiger partial charge >= 0.3 is 0 Å². The fourth-order valence-electron chi connectivity index (χ4n) is 1.99. The van der Waals surface area contributed by atoms with Crippen molar-refractivity contribution in [1.82, 2.24) is 4.31 Å². The van der Waals surface area contributed by atoms with E-state index in [2.05, 4.69) is 21.2 Å². The molecule has 0 radical (unpaired) electrons. The lowest BCUT2D eigenvalue weighted by molar-refractivity contribution is -0.116. The highest BCUT2D eigenvalue weighted by atomic mass is 79.9. The van der Waals surface area contributed by atoms with Crippen LogP contribution < -0.4 is 5.32 Å². The lowest BCUT2D eigenvalue weighted by atomic mass is 10.2. The predicted molar refractivity (Wildman–Crippen MR) is 98.8 cm³/mol. The first kappa shape index (κ1) is 18.9. The molecule has 0 aliphatic heterocycles. The van der Waals surface area contributed by atoms with Gasteiger partial charge in [-0.1, -0.05) is 33.6 Å². The predicted octanol–water partition coefficient (Wildman–Crippen LogP) is 3.67. The lowest BCUT2D eigenvalue weighted by Crippen LogP contribution is -2.35. The Hall–Kier alpha value is -1.41. The Balaban J connectivity index is 2.10. The fourth-order valence-corrected chi connectivity index (χ4v) is 3.61. The van der Waals surface area contributed by atoms with Crippen molar-refractivity contribution in [3.8, 4) is 0 Å². The average molecular weight is 432 g/mol. The highest BCUT2D eigenvalue weighted by Crippen LogP contribution is 2.21. The summed E-state index contributed by atoms with van der Waals surface area (Å²) in [6.45, 7) is 1.56. The van der Waals surface area contributed by atoms with Gasteiger partial charge in [0.15, 0.2) is 0 Å². The lowest BCUT2D eigenvalue weighted by Gasteiger charge is -2.17. The van der Waals surface area contributed by atoms with Gasteiger partial charge in [0.25, 0.3) is 0 Å². The van der Waals surface area contributed by atoms with Crippen LogP contribution in [0.2, 0.25) is 5.02 Å². The average Bonchev–Trinajstić information content (AvgIpc) is 2.51. The zero-order valence-corrected chi connectivity index (χ0v) is 16.2. The third kappa shape index (κ3) is 4.57. The van der Waals surface area contributed by atoms with Crippen LogP contribution in [0.25, 0.3) is 0 Å². The van der Waals surface area contributed by atoms with E-state index in [1.54, 1.807) is 6.07 Å². The van der Waals surface area contributed by atoms with Crippen molar-refractivity contribution in [2.24, 2.45) is 0 Å². The number of hydrogen-bond acceptors (Lipinski definition) is 3. The van der Waals surface area contributed by atoms with Crippen LogP contribution in [0.15, 0.2) is 51.8 Å². The molecule has 0 aliphatic rings. The topological polar surface area (TPSA) is 66.5 Å². The quantitative estimate of drug-likeness (QED) is 0.785. The van der Waals surface area contributed by atoms with E-state index in [-0.39, 0.29) is 11.4 Å². The number of nitrogens with one attached hydrogen (secondary N) is 1. The molecule has 2 aromatic rings. The molecule has 2 aromatic carbocycles. The van der Waals surface area contributed by atoms with E-state index in [9.17, 15) is 13.2 Å². The summed E-state index contributed by atoms with van der Waals surface area (Å²) in [5.74, 6) is -0.420. The fraction of sp³-hybridized carbons (Fsp3) is 0.188. The summed E-state index contributed by atoms with van der Waals surface area (Å²) >= 11 is 9.10. The summed E-state index contributed by atoms with van der Waals surface area (Å²) in [5.41, 5.74) is 1.52. The van der Waals surface area contributed by atoms with Crippen LogP contribution in [0.3, 0.4) is 0 Å². The second kappa shape index (κ2) is 7.65. The van der Waals surface area contributed by atoms with Crippen LogP contribution >= 0.6 is 27.5 Å². The number of sulfonamides is 1. The van der Waals surface area contributed by atoms with Crippen molar-refractivity contribution < 1.29 is 13.2 Å². The maximum absolute atomic E-state index is 12.4. The molecule has 1 N–H and O–H groups in total. The summed E-state index contributed by atoms with van der Waals surface area (Å²) in [4.78, 5) is 12.2. The van der Waals surface area contributed by atoms with Gasteiger partial charge in [-0.3, -0.25) is 4.79 Å². The largest absolute Gasteiger partial charge is 0.325 e. The Morgan fingerprint density at radius 3 is 2.46 bits per heavy atom. The van der Waals surface area contributed by atoms with Crippen molar-refractivity contribution in [3.63, 3.8) is 0 Å². The first-order valence-corrected chi connectivity index (χ1v) is 9.59. The van der Waals surface area contributed by atoms with E-state index in [1.165, 1.54) is 31.3 Å². The van der Waals surface area contributed by atoms with Crippen LogP contribution in [0.1, 0.15) is 5.56 Å². The van der Waals surface area contributed by atoms with Crippen LogP contribution in [0.4, 0.5) is 5.69 Å². The molecular weight excluding hydrogens is 416 g/mol. The molecule has 0 heterocycles. The van der Waals surface area contributed by atoms with Gasteiger partial charge in [-0.05, 0) is 48.9 Å². The maximum atomic E-state index is 12.4. The number of hydrogen-bond donors (Lipinski definition) is 1. The molecule has 24 heavy (non-hydrogen) atoms. The second-order valence-corrected chi connectivity index (χ2v) is 8.62. The first-order chi connectivity index (χ1) is 11.2. The molecule has 1 amide bonds. The molecular formula is C16H16BrClN2O3S. The van der Waals surface area contributed by atoms with Crippen molar-refractivity contribution in [3.05, 3.63) is 57.5 Å². The molecule has 0 fully saturated rings. The smallest absolute Gasteiger partial charge is 0.243 e. The van der Waals surface area contributed by atoms with E-state index >= 15 is 0 Å². The van der Waals surface area contributed by atoms with Gasteiger partial charge in [0.05, 0.1) is 11.4 Å². The Bertz CT molecular complexity index is 854. The summed E-state index contributed by atoms with van der Waals surface area (Å²) in [6, 6.07) is 11.3. The van der Waals surface area contributed by atoms with E-state index in [4.69, 9.17) is 11.6 Å². The second-order valence-electron chi connectivity index (χ2n) is 5.22. The number of nitrogens with zero attached hydrogens (tertiary/aromatic N) is 1. The van der Waals surface area contributed by atoms with Gasteiger partial charge in [0.2, 0.25) is 15.9 Å². The summed E-state index contributed by atoms with van der Waals surface area (Å²) in [6.07, 6.45) is 0. The van der Waals surface area contributed by atoms with Gasteiger partial charge < -0.3 is 5.32 Å². The molecule has 0 saturated heterocycles. The minimum Gasteiger partial charge on any atom is -0.325 e. The number of carbonyl (C=O) groups excluding carboxylic acids is 1. The summed E-state index contributed by atoms with van der Waals surface area (Å²) < 4.78 is 26.7. The number of amides is 1. The number of halogens is 2. The molecule has 0 aliphatic carbocycles. The van der Waals surface area contributed by atoms with Crippen LogP contribution in [0, 0.1) is 6.92 Å². The van der Waals surface area contributed by atoms with Gasteiger partial charge in [-0.15, -0.1) is 0 Å². The third-order valence-electron chi connectivity index (χ3n) is 3.36. The SMILES string of the molecule is Cc1ccc(Br)cc1NC(=O)CN(C)S(=O)(=O)c1ccc(Cl)cc1. The zero-order valence-electron chi connectivity index (χ0n) is 13.1. The molecule has 0 atom stereocenters. The minimum atomic E-state index is -3.76. The Morgan fingerprint density at radius 1 is 1.21 bits per heavy atom. The number of benzene rings is 2. The minimum absolute atomic E-state index is 0.0841. The summed E-state index contributed by atoms with van der Waals surface area (Å²) in [7, 11) is -2.40. The molecule has 0 saturated carbocycles. The molecule has 0 aromatic heterocycles. The van der Waals surface area contributed by atoms with E-state index in [0.717, 1.165) is 14.3 Å². The number of aryl methyl sites for hydroxylation is 1. The van der Waals surface area contributed by atoms with Gasteiger partial charge in [0, 0.05) is 22.2 Å². The molecule has 128 valence electrons. The normalized spacial score (nSPS) is 11.5. The number of likely N-dealkylation sites (N-methyl/N-ethyl adjacent to an activating group) is 1. The molecule has 5 nitrogen and oxygen atoms in total. The number of carbonyl (C=O) groups is 1. The van der Waals surface area contributed by atoms with Crippen molar-refractivity contribution >= 4 is 49.1 Å². The number of rotatable bonds is 5.